The molecule has 0 spiro atoms. The molecule has 22 heavy (non-hydrogen) atoms. The van der Waals surface area contributed by atoms with Gasteiger partial charge in [0, 0.05) is 37.4 Å². The van der Waals surface area contributed by atoms with Gasteiger partial charge in [-0.05, 0) is 47.7 Å². The van der Waals surface area contributed by atoms with Gasteiger partial charge in [0.05, 0.1) is 11.7 Å². The smallest absolute Gasteiger partial charge is 0.0782 e. The lowest BCUT2D eigenvalue weighted by atomic mass is 9.96. The normalized spacial score (nSPS) is 21.8. The van der Waals surface area contributed by atoms with Crippen LogP contribution in [0.15, 0.2) is 36.5 Å². The lowest BCUT2D eigenvalue weighted by molar-refractivity contribution is 0.195. The monoisotopic (exact) mass is 313 g/mol. The van der Waals surface area contributed by atoms with Crippen molar-refractivity contribution in [1.82, 2.24) is 15.2 Å². The van der Waals surface area contributed by atoms with E-state index in [1.165, 1.54) is 22.4 Å². The number of nitrogens with one attached hydrogen (secondary N) is 1. The van der Waals surface area contributed by atoms with E-state index in [1.54, 1.807) is 0 Å². The highest BCUT2D eigenvalue weighted by molar-refractivity contribution is 6.30. The Bertz CT molecular complexity index is 680. The van der Waals surface area contributed by atoms with Gasteiger partial charge in [0.25, 0.3) is 0 Å². The summed E-state index contributed by atoms with van der Waals surface area (Å²) in [6.07, 6.45) is 4.01. The molecule has 1 aromatic heterocycles. The number of aryl methyl sites for hydroxylation is 2. The molecule has 1 atom stereocenters. The molecule has 2 heterocycles. The Hall–Kier alpha value is -1.42. The van der Waals surface area contributed by atoms with Crippen LogP contribution in [0.5, 0.6) is 0 Å². The standard InChI is InChI=1S/C18H20ClN3/c19-15-5-6-16-14(12-15)4-3-13-2-1-7-21-17(13)18(16)22-10-8-20-9-11-22/h1-2,5-7,12,18,20H,3-4,8-11H2/t18-/m0/s1. The van der Waals surface area contributed by atoms with Gasteiger partial charge in [0.15, 0.2) is 0 Å². The van der Waals surface area contributed by atoms with Gasteiger partial charge in [-0.15, -0.1) is 0 Å². The fourth-order valence-electron chi connectivity index (χ4n) is 3.69. The van der Waals surface area contributed by atoms with Gasteiger partial charge in [0.1, 0.15) is 0 Å². The minimum atomic E-state index is 0.257. The molecule has 0 saturated carbocycles. The first kappa shape index (κ1) is 14.2. The molecular formula is C18H20ClN3. The third kappa shape index (κ3) is 2.54. The Balaban J connectivity index is 1.86. The van der Waals surface area contributed by atoms with E-state index in [-0.39, 0.29) is 6.04 Å². The molecule has 0 unspecified atom stereocenters. The van der Waals surface area contributed by atoms with Crippen molar-refractivity contribution in [1.29, 1.82) is 0 Å². The fraction of sp³-hybridized carbons (Fsp3) is 0.389. The van der Waals surface area contributed by atoms with E-state index < -0.39 is 0 Å². The lowest BCUT2D eigenvalue weighted by Crippen LogP contribution is -2.45. The topological polar surface area (TPSA) is 28.2 Å². The van der Waals surface area contributed by atoms with Crippen LogP contribution in [0.1, 0.15) is 28.4 Å². The van der Waals surface area contributed by atoms with E-state index in [4.69, 9.17) is 16.6 Å². The summed E-state index contributed by atoms with van der Waals surface area (Å²) >= 11 is 6.24. The summed E-state index contributed by atoms with van der Waals surface area (Å²) in [7, 11) is 0. The zero-order valence-corrected chi connectivity index (χ0v) is 13.3. The second-order valence-electron chi connectivity index (χ2n) is 6.08. The first-order chi connectivity index (χ1) is 10.8. The van der Waals surface area contributed by atoms with Crippen molar-refractivity contribution in [3.8, 4) is 0 Å². The summed E-state index contributed by atoms with van der Waals surface area (Å²) in [5, 5.41) is 4.27. The number of aromatic nitrogens is 1. The number of nitrogens with zero attached hydrogens (tertiary/aromatic N) is 2. The van der Waals surface area contributed by atoms with Crippen molar-refractivity contribution in [3.05, 3.63) is 63.9 Å². The van der Waals surface area contributed by atoms with E-state index in [9.17, 15) is 0 Å². The molecule has 3 nitrogen and oxygen atoms in total. The summed E-state index contributed by atoms with van der Waals surface area (Å²) < 4.78 is 0. The Labute approximate surface area is 136 Å². The first-order valence-electron chi connectivity index (χ1n) is 8.00. The number of benzene rings is 1. The maximum atomic E-state index is 6.24. The van der Waals surface area contributed by atoms with Gasteiger partial charge in [-0.1, -0.05) is 23.7 Å². The SMILES string of the molecule is Clc1ccc2c(c1)CCc1cccnc1[C@H]2N1CCNCC1. The maximum absolute atomic E-state index is 6.24. The molecule has 4 heteroatoms. The molecule has 1 N–H and O–H groups in total. The fourth-order valence-corrected chi connectivity index (χ4v) is 3.89. The average Bonchev–Trinajstić information content (AvgIpc) is 2.72. The van der Waals surface area contributed by atoms with Gasteiger partial charge in [-0.3, -0.25) is 9.88 Å². The van der Waals surface area contributed by atoms with E-state index in [1.807, 2.05) is 12.3 Å². The molecule has 1 saturated heterocycles. The van der Waals surface area contributed by atoms with Crippen LogP contribution in [0.2, 0.25) is 5.02 Å². The van der Waals surface area contributed by atoms with Crippen molar-refractivity contribution >= 4 is 11.6 Å². The van der Waals surface area contributed by atoms with Gasteiger partial charge in [-0.2, -0.15) is 0 Å². The molecule has 2 aromatic rings. The molecule has 114 valence electrons. The third-order valence-corrected chi connectivity index (χ3v) is 5.00. The molecule has 0 bridgehead atoms. The first-order valence-corrected chi connectivity index (χ1v) is 8.37. The third-order valence-electron chi connectivity index (χ3n) is 4.77. The molecule has 1 fully saturated rings. The zero-order valence-electron chi connectivity index (χ0n) is 12.6. The molecule has 0 amide bonds. The largest absolute Gasteiger partial charge is 0.314 e. The quantitative estimate of drug-likeness (QED) is 0.877. The summed E-state index contributed by atoms with van der Waals surface area (Å²) in [6.45, 7) is 4.20. The molecular weight excluding hydrogens is 294 g/mol. The van der Waals surface area contributed by atoms with Crippen molar-refractivity contribution in [2.24, 2.45) is 0 Å². The van der Waals surface area contributed by atoms with E-state index in [2.05, 4.69) is 34.5 Å². The zero-order chi connectivity index (χ0) is 14.9. The number of piperazine rings is 1. The van der Waals surface area contributed by atoms with Crippen LogP contribution >= 0.6 is 11.6 Å². The summed E-state index contributed by atoms with van der Waals surface area (Å²) in [6, 6.07) is 10.9. The molecule has 4 rings (SSSR count). The van der Waals surface area contributed by atoms with E-state index >= 15 is 0 Å². The van der Waals surface area contributed by atoms with Crippen molar-refractivity contribution in [2.45, 2.75) is 18.9 Å². The predicted octanol–water partition coefficient (Wildman–Crippen LogP) is 2.83. The molecule has 1 aromatic carbocycles. The van der Waals surface area contributed by atoms with Crippen molar-refractivity contribution < 1.29 is 0 Å². The molecule has 0 radical (unpaired) electrons. The number of fused-ring (bicyclic) bond motifs is 2. The van der Waals surface area contributed by atoms with Gasteiger partial charge in [-0.25, -0.2) is 0 Å². The van der Waals surface area contributed by atoms with Gasteiger partial charge in [0.2, 0.25) is 0 Å². The van der Waals surface area contributed by atoms with Crippen LogP contribution in [0.3, 0.4) is 0 Å². The molecule has 1 aliphatic carbocycles. The Morgan fingerprint density at radius 1 is 1.09 bits per heavy atom. The molecule has 2 aliphatic rings. The van der Waals surface area contributed by atoms with Crippen LogP contribution in [-0.4, -0.2) is 36.1 Å². The highest BCUT2D eigenvalue weighted by Gasteiger charge is 2.30. The number of pyridine rings is 1. The Morgan fingerprint density at radius 3 is 2.77 bits per heavy atom. The summed E-state index contributed by atoms with van der Waals surface area (Å²) in [5.74, 6) is 0. The minimum Gasteiger partial charge on any atom is -0.314 e. The summed E-state index contributed by atoms with van der Waals surface area (Å²) in [4.78, 5) is 7.32. The van der Waals surface area contributed by atoms with E-state index in [0.717, 1.165) is 44.0 Å². The van der Waals surface area contributed by atoms with Gasteiger partial charge < -0.3 is 5.32 Å². The average molecular weight is 314 g/mol. The van der Waals surface area contributed by atoms with Crippen molar-refractivity contribution in [3.63, 3.8) is 0 Å². The second-order valence-corrected chi connectivity index (χ2v) is 6.52. The van der Waals surface area contributed by atoms with Gasteiger partial charge >= 0.3 is 0 Å². The van der Waals surface area contributed by atoms with Crippen molar-refractivity contribution in [2.75, 3.05) is 26.2 Å². The number of hydrogen-bond acceptors (Lipinski definition) is 3. The van der Waals surface area contributed by atoms with Crippen LogP contribution in [-0.2, 0) is 12.8 Å². The lowest BCUT2D eigenvalue weighted by Gasteiger charge is -2.35. The van der Waals surface area contributed by atoms with E-state index in [0.29, 0.717) is 0 Å². The minimum absolute atomic E-state index is 0.257. The van der Waals surface area contributed by atoms with Crippen LogP contribution in [0, 0.1) is 0 Å². The molecule has 1 aliphatic heterocycles. The number of hydrogen-bond donors (Lipinski definition) is 1. The van der Waals surface area contributed by atoms with Crippen LogP contribution in [0.25, 0.3) is 0 Å². The Kier molecular flexibility index (Phi) is 3.87. The predicted molar refractivity (Wildman–Crippen MR) is 89.4 cm³/mol. The summed E-state index contributed by atoms with van der Waals surface area (Å²) in [5.41, 5.74) is 5.35. The Morgan fingerprint density at radius 2 is 1.91 bits per heavy atom. The number of halogens is 1. The second kappa shape index (κ2) is 5.99. The maximum Gasteiger partial charge on any atom is 0.0782 e. The highest BCUT2D eigenvalue weighted by Crippen LogP contribution is 2.36. The number of rotatable bonds is 1. The van der Waals surface area contributed by atoms with Crippen LogP contribution < -0.4 is 5.32 Å². The van der Waals surface area contributed by atoms with Crippen LogP contribution in [0.4, 0.5) is 0 Å². The highest BCUT2D eigenvalue weighted by atomic mass is 35.5.